The summed E-state index contributed by atoms with van der Waals surface area (Å²) in [6.07, 6.45) is 1.72. The van der Waals surface area contributed by atoms with E-state index in [2.05, 4.69) is 46.0 Å². The van der Waals surface area contributed by atoms with Gasteiger partial charge in [0.2, 0.25) is 11.8 Å². The van der Waals surface area contributed by atoms with Crippen molar-refractivity contribution >= 4 is 51.8 Å². The second-order valence-corrected chi connectivity index (χ2v) is 7.22. The van der Waals surface area contributed by atoms with Gasteiger partial charge in [-0.1, -0.05) is 0 Å². The fourth-order valence-electron chi connectivity index (χ4n) is 2.45. The van der Waals surface area contributed by atoms with Crippen LogP contribution in [0.5, 0.6) is 5.88 Å². The molecule has 0 atom stereocenters. The molecule has 0 unspecified atom stereocenters. The second-order valence-electron chi connectivity index (χ2n) is 6.37. The molecule has 0 radical (unpaired) electrons. The molecule has 8 nitrogen and oxygen atoms in total. The van der Waals surface area contributed by atoms with Gasteiger partial charge in [-0.05, 0) is 29.8 Å². The van der Waals surface area contributed by atoms with E-state index in [0.717, 1.165) is 36.6 Å². The highest BCUT2D eigenvalue weighted by Crippen LogP contribution is 2.23. The standard InChI is InChI=1S/C16H27BrN6O2.HI/c1-16(2,25-5)11-20-14(18-3)22-6-8-23(9-7-22)15-19-10-12(17)13(21-15)24-4;/h10H,6-9,11H2,1-5H3,(H,18,20);1H. The molecule has 2 rings (SSSR count). The minimum atomic E-state index is -0.237. The molecule has 2 heterocycles. The maximum absolute atomic E-state index is 5.45. The Morgan fingerprint density at radius 3 is 2.50 bits per heavy atom. The fourth-order valence-corrected chi connectivity index (χ4v) is 2.81. The molecule has 148 valence electrons. The molecule has 10 heteroatoms. The number of piperazine rings is 1. The van der Waals surface area contributed by atoms with Gasteiger partial charge in [-0.15, -0.1) is 24.0 Å². The average Bonchev–Trinajstić information content (AvgIpc) is 2.63. The molecular weight excluding hydrogens is 515 g/mol. The van der Waals surface area contributed by atoms with Gasteiger partial charge in [0, 0.05) is 46.9 Å². The number of anilines is 1. The summed E-state index contributed by atoms with van der Waals surface area (Å²) in [5.74, 6) is 2.12. The van der Waals surface area contributed by atoms with E-state index in [-0.39, 0.29) is 29.6 Å². The summed E-state index contributed by atoms with van der Waals surface area (Å²) in [5.41, 5.74) is -0.237. The molecule has 0 aliphatic carbocycles. The molecule has 1 aromatic rings. The third kappa shape index (κ3) is 6.08. The quantitative estimate of drug-likeness (QED) is 0.346. The van der Waals surface area contributed by atoms with Gasteiger partial charge in [0.05, 0.1) is 23.4 Å². The van der Waals surface area contributed by atoms with Crippen molar-refractivity contribution in [3.8, 4) is 5.88 Å². The van der Waals surface area contributed by atoms with Crippen LogP contribution in [-0.4, -0.2) is 80.4 Å². The number of halogens is 2. The summed E-state index contributed by atoms with van der Waals surface area (Å²) < 4.78 is 11.5. The Morgan fingerprint density at radius 1 is 1.31 bits per heavy atom. The molecule has 26 heavy (non-hydrogen) atoms. The van der Waals surface area contributed by atoms with Gasteiger partial charge in [-0.3, -0.25) is 4.99 Å². The Balaban J connectivity index is 0.00000338. The maximum atomic E-state index is 5.45. The van der Waals surface area contributed by atoms with Crippen LogP contribution in [0.15, 0.2) is 15.7 Å². The minimum Gasteiger partial charge on any atom is -0.480 e. The van der Waals surface area contributed by atoms with E-state index in [1.807, 2.05) is 13.8 Å². The first-order chi connectivity index (χ1) is 11.9. The second kappa shape index (κ2) is 10.5. The lowest BCUT2D eigenvalue weighted by atomic mass is 10.1. The number of ether oxygens (including phenoxy) is 2. The van der Waals surface area contributed by atoms with Crippen molar-refractivity contribution in [2.75, 3.05) is 58.9 Å². The third-order valence-electron chi connectivity index (χ3n) is 4.19. The molecule has 1 fully saturated rings. The summed E-state index contributed by atoms with van der Waals surface area (Å²) in [6.45, 7) is 8.11. The smallest absolute Gasteiger partial charge is 0.232 e. The minimum absolute atomic E-state index is 0. The van der Waals surface area contributed by atoms with E-state index in [0.29, 0.717) is 18.4 Å². The molecule has 0 amide bonds. The van der Waals surface area contributed by atoms with E-state index in [1.54, 1.807) is 27.5 Å². The lowest BCUT2D eigenvalue weighted by molar-refractivity contribution is 0.0263. The number of guanidine groups is 1. The highest BCUT2D eigenvalue weighted by molar-refractivity contribution is 14.0. The van der Waals surface area contributed by atoms with Crippen LogP contribution < -0.4 is 15.0 Å². The molecule has 0 saturated carbocycles. The number of methoxy groups -OCH3 is 2. The molecule has 1 aliphatic rings. The molecular formula is C16H28BrIN6O2. The van der Waals surface area contributed by atoms with Crippen LogP contribution in [0.3, 0.4) is 0 Å². The third-order valence-corrected chi connectivity index (χ3v) is 4.74. The summed E-state index contributed by atoms with van der Waals surface area (Å²) in [7, 11) is 5.12. The number of hydrogen-bond acceptors (Lipinski definition) is 6. The number of nitrogens with one attached hydrogen (secondary N) is 1. The van der Waals surface area contributed by atoms with Gasteiger partial charge in [-0.25, -0.2) is 4.98 Å². The highest BCUT2D eigenvalue weighted by Gasteiger charge is 2.24. The Morgan fingerprint density at radius 2 is 1.96 bits per heavy atom. The van der Waals surface area contributed by atoms with E-state index in [4.69, 9.17) is 9.47 Å². The van der Waals surface area contributed by atoms with Crippen LogP contribution in [0, 0.1) is 0 Å². The molecule has 1 aliphatic heterocycles. The van der Waals surface area contributed by atoms with Crippen LogP contribution in [0.25, 0.3) is 0 Å². The lowest BCUT2D eigenvalue weighted by Gasteiger charge is -2.37. The first-order valence-electron chi connectivity index (χ1n) is 8.22. The van der Waals surface area contributed by atoms with Crippen LogP contribution in [0.1, 0.15) is 13.8 Å². The van der Waals surface area contributed by atoms with Crippen LogP contribution in [0.4, 0.5) is 5.95 Å². The molecule has 0 bridgehead atoms. The summed E-state index contributed by atoms with van der Waals surface area (Å²) in [5, 5.41) is 3.39. The summed E-state index contributed by atoms with van der Waals surface area (Å²) >= 11 is 3.38. The normalized spacial score (nSPS) is 15.5. The first kappa shape index (κ1) is 23.2. The van der Waals surface area contributed by atoms with Crippen molar-refractivity contribution in [1.82, 2.24) is 20.2 Å². The molecule has 1 N–H and O–H groups in total. The predicted octanol–water partition coefficient (Wildman–Crippen LogP) is 1.99. The number of nitrogens with zero attached hydrogens (tertiary/aromatic N) is 5. The Labute approximate surface area is 180 Å². The lowest BCUT2D eigenvalue weighted by Crippen LogP contribution is -2.54. The zero-order chi connectivity index (χ0) is 18.4. The van der Waals surface area contributed by atoms with Gasteiger partial charge in [0.15, 0.2) is 5.96 Å². The van der Waals surface area contributed by atoms with E-state index < -0.39 is 0 Å². The SMILES string of the molecule is CN=C(NCC(C)(C)OC)N1CCN(c2ncc(Br)c(OC)n2)CC1.I. The number of hydrogen-bond donors (Lipinski definition) is 1. The number of aromatic nitrogens is 2. The van der Waals surface area contributed by atoms with Crippen molar-refractivity contribution in [2.45, 2.75) is 19.4 Å². The van der Waals surface area contributed by atoms with E-state index in [9.17, 15) is 0 Å². The summed E-state index contributed by atoms with van der Waals surface area (Å²) in [6, 6.07) is 0. The van der Waals surface area contributed by atoms with Crippen LogP contribution in [0.2, 0.25) is 0 Å². The van der Waals surface area contributed by atoms with Crippen molar-refractivity contribution in [2.24, 2.45) is 4.99 Å². The Kier molecular flexibility index (Phi) is 9.31. The van der Waals surface area contributed by atoms with E-state index >= 15 is 0 Å². The van der Waals surface area contributed by atoms with Crippen LogP contribution >= 0.6 is 39.9 Å². The summed E-state index contributed by atoms with van der Waals surface area (Å²) in [4.78, 5) is 17.6. The zero-order valence-electron chi connectivity index (χ0n) is 16.0. The Hall–Kier alpha value is -0.880. The average molecular weight is 543 g/mol. The molecule has 0 spiro atoms. The largest absolute Gasteiger partial charge is 0.480 e. The fraction of sp³-hybridized carbons (Fsp3) is 0.688. The van der Waals surface area contributed by atoms with Crippen molar-refractivity contribution in [3.63, 3.8) is 0 Å². The van der Waals surface area contributed by atoms with Gasteiger partial charge in [0.1, 0.15) is 0 Å². The Bertz CT molecular complexity index is 608. The monoisotopic (exact) mass is 542 g/mol. The van der Waals surface area contributed by atoms with Crippen molar-refractivity contribution in [1.29, 1.82) is 0 Å². The van der Waals surface area contributed by atoms with Gasteiger partial charge in [-0.2, -0.15) is 4.98 Å². The van der Waals surface area contributed by atoms with Gasteiger partial charge < -0.3 is 24.6 Å². The maximum Gasteiger partial charge on any atom is 0.232 e. The predicted molar refractivity (Wildman–Crippen MR) is 118 cm³/mol. The van der Waals surface area contributed by atoms with Crippen molar-refractivity contribution in [3.05, 3.63) is 10.7 Å². The molecule has 1 saturated heterocycles. The molecule has 0 aromatic carbocycles. The van der Waals surface area contributed by atoms with Gasteiger partial charge >= 0.3 is 0 Å². The van der Waals surface area contributed by atoms with Crippen LogP contribution in [-0.2, 0) is 4.74 Å². The molecule has 1 aromatic heterocycles. The number of rotatable bonds is 5. The highest BCUT2D eigenvalue weighted by atomic mass is 127. The zero-order valence-corrected chi connectivity index (χ0v) is 19.9. The first-order valence-corrected chi connectivity index (χ1v) is 9.01. The van der Waals surface area contributed by atoms with Crippen molar-refractivity contribution < 1.29 is 9.47 Å². The number of aliphatic imine (C=N–C) groups is 1. The van der Waals surface area contributed by atoms with Gasteiger partial charge in [0.25, 0.3) is 0 Å². The topological polar surface area (TPSA) is 75.1 Å². The van der Waals surface area contributed by atoms with E-state index in [1.165, 1.54) is 0 Å².